The highest BCUT2D eigenvalue weighted by Gasteiger charge is 2.07. The second kappa shape index (κ2) is 7.07. The van der Waals surface area contributed by atoms with Crippen LogP contribution in [-0.4, -0.2) is 27.4 Å². The third-order valence-electron chi connectivity index (χ3n) is 2.82. The Morgan fingerprint density at radius 1 is 1.48 bits per heavy atom. The maximum absolute atomic E-state index is 11.9. The molecule has 0 saturated carbocycles. The van der Waals surface area contributed by atoms with Gasteiger partial charge in [-0.1, -0.05) is 11.8 Å². The molecule has 6 heteroatoms. The standard InChI is InChI=1S/C15H17N3O2S/c1-11-6-12(2)18(17-11)9-15(20)16-8-14-7-13(10-21-14)4-3-5-19/h6-7,10,19H,5,8-9H2,1-2H3,(H,16,20). The molecule has 0 fully saturated rings. The molecule has 0 aliphatic carbocycles. The second-order valence-corrected chi connectivity index (χ2v) is 5.62. The lowest BCUT2D eigenvalue weighted by Crippen LogP contribution is -2.27. The molecule has 0 saturated heterocycles. The Bertz CT molecular complexity index is 691. The van der Waals surface area contributed by atoms with Crippen LogP contribution < -0.4 is 5.32 Å². The molecule has 2 rings (SSSR count). The summed E-state index contributed by atoms with van der Waals surface area (Å²) in [5.74, 6) is 5.36. The zero-order valence-corrected chi connectivity index (χ0v) is 12.8. The van der Waals surface area contributed by atoms with Crippen LogP contribution in [0.3, 0.4) is 0 Å². The molecule has 21 heavy (non-hydrogen) atoms. The van der Waals surface area contributed by atoms with Crippen molar-refractivity contribution in [3.05, 3.63) is 39.3 Å². The Balaban J connectivity index is 1.86. The lowest BCUT2D eigenvalue weighted by atomic mass is 10.3. The molecule has 0 aliphatic rings. The van der Waals surface area contributed by atoms with Gasteiger partial charge in [0.25, 0.3) is 0 Å². The molecule has 5 nitrogen and oxygen atoms in total. The van der Waals surface area contributed by atoms with Gasteiger partial charge in [0.2, 0.25) is 5.91 Å². The Morgan fingerprint density at radius 3 is 2.95 bits per heavy atom. The van der Waals surface area contributed by atoms with E-state index in [-0.39, 0.29) is 19.1 Å². The van der Waals surface area contributed by atoms with Crippen molar-refractivity contribution in [2.45, 2.75) is 26.9 Å². The summed E-state index contributed by atoms with van der Waals surface area (Å²) in [6.07, 6.45) is 0. The summed E-state index contributed by atoms with van der Waals surface area (Å²) < 4.78 is 1.69. The molecule has 0 aromatic carbocycles. The largest absolute Gasteiger partial charge is 0.384 e. The number of nitrogens with one attached hydrogen (secondary N) is 1. The maximum Gasteiger partial charge on any atom is 0.242 e. The van der Waals surface area contributed by atoms with Crippen molar-refractivity contribution in [1.29, 1.82) is 0 Å². The smallest absolute Gasteiger partial charge is 0.242 e. The zero-order chi connectivity index (χ0) is 15.2. The summed E-state index contributed by atoms with van der Waals surface area (Å²) in [6, 6.07) is 3.86. The Labute approximate surface area is 127 Å². The number of hydrogen-bond donors (Lipinski definition) is 2. The van der Waals surface area contributed by atoms with Crippen molar-refractivity contribution < 1.29 is 9.90 Å². The highest BCUT2D eigenvalue weighted by atomic mass is 32.1. The van der Waals surface area contributed by atoms with Crippen LogP contribution in [0.25, 0.3) is 0 Å². The van der Waals surface area contributed by atoms with Gasteiger partial charge in [0, 0.05) is 21.5 Å². The van der Waals surface area contributed by atoms with E-state index in [0.29, 0.717) is 6.54 Å². The fraction of sp³-hybridized carbons (Fsp3) is 0.333. The van der Waals surface area contributed by atoms with Crippen molar-refractivity contribution >= 4 is 17.2 Å². The Hall–Kier alpha value is -2.10. The molecular formula is C15H17N3O2S. The van der Waals surface area contributed by atoms with Crippen LogP contribution in [0.4, 0.5) is 0 Å². The van der Waals surface area contributed by atoms with Gasteiger partial charge in [0.15, 0.2) is 0 Å². The molecular weight excluding hydrogens is 286 g/mol. The van der Waals surface area contributed by atoms with E-state index in [1.165, 1.54) is 11.3 Å². The van der Waals surface area contributed by atoms with E-state index in [1.807, 2.05) is 31.4 Å². The highest BCUT2D eigenvalue weighted by molar-refractivity contribution is 7.10. The number of aryl methyl sites for hydroxylation is 2. The van der Waals surface area contributed by atoms with Gasteiger partial charge in [0.1, 0.15) is 13.2 Å². The van der Waals surface area contributed by atoms with Crippen LogP contribution in [0.2, 0.25) is 0 Å². The van der Waals surface area contributed by atoms with Crippen molar-refractivity contribution in [1.82, 2.24) is 15.1 Å². The van der Waals surface area contributed by atoms with Gasteiger partial charge in [-0.2, -0.15) is 5.10 Å². The quantitative estimate of drug-likeness (QED) is 0.835. The van der Waals surface area contributed by atoms with Crippen LogP contribution in [0.15, 0.2) is 17.5 Å². The number of thiophene rings is 1. The van der Waals surface area contributed by atoms with Gasteiger partial charge in [-0.3, -0.25) is 9.48 Å². The first-order chi connectivity index (χ1) is 10.1. The first kappa shape index (κ1) is 15.3. The van der Waals surface area contributed by atoms with Crippen LogP contribution in [-0.2, 0) is 17.9 Å². The molecule has 2 heterocycles. The summed E-state index contributed by atoms with van der Waals surface area (Å²) >= 11 is 1.53. The minimum absolute atomic E-state index is 0.0717. The highest BCUT2D eigenvalue weighted by Crippen LogP contribution is 2.13. The van der Waals surface area contributed by atoms with E-state index < -0.39 is 0 Å². The fourth-order valence-corrected chi connectivity index (χ4v) is 2.65. The number of hydrogen-bond acceptors (Lipinski definition) is 4. The second-order valence-electron chi connectivity index (χ2n) is 4.62. The van der Waals surface area contributed by atoms with E-state index in [0.717, 1.165) is 21.8 Å². The van der Waals surface area contributed by atoms with Gasteiger partial charge >= 0.3 is 0 Å². The summed E-state index contributed by atoms with van der Waals surface area (Å²) in [6.45, 7) is 4.39. The predicted octanol–water partition coefficient (Wildman–Crippen LogP) is 1.22. The number of aromatic nitrogens is 2. The van der Waals surface area contributed by atoms with E-state index >= 15 is 0 Å². The van der Waals surface area contributed by atoms with E-state index in [9.17, 15) is 4.79 Å². The summed E-state index contributed by atoms with van der Waals surface area (Å²) in [5.41, 5.74) is 2.74. The third-order valence-corrected chi connectivity index (χ3v) is 3.76. The Morgan fingerprint density at radius 2 is 2.29 bits per heavy atom. The third kappa shape index (κ3) is 4.45. The molecule has 0 radical (unpaired) electrons. The molecule has 0 atom stereocenters. The average Bonchev–Trinajstić information content (AvgIpc) is 3.01. The number of aliphatic hydroxyl groups excluding tert-OH is 1. The van der Waals surface area contributed by atoms with Crippen LogP contribution >= 0.6 is 11.3 Å². The maximum atomic E-state index is 11.9. The van der Waals surface area contributed by atoms with Crippen molar-refractivity contribution in [3.8, 4) is 11.8 Å². The zero-order valence-electron chi connectivity index (χ0n) is 12.0. The summed E-state index contributed by atoms with van der Waals surface area (Å²) in [7, 11) is 0. The molecule has 2 N–H and O–H groups in total. The van der Waals surface area contributed by atoms with Gasteiger partial charge < -0.3 is 10.4 Å². The molecule has 0 unspecified atom stereocenters. The number of aliphatic hydroxyl groups is 1. The van der Waals surface area contributed by atoms with Crippen LogP contribution in [0.5, 0.6) is 0 Å². The number of carbonyl (C=O) groups excluding carboxylic acids is 1. The molecule has 110 valence electrons. The van der Waals surface area contributed by atoms with Gasteiger partial charge in [-0.05, 0) is 26.0 Å². The van der Waals surface area contributed by atoms with Gasteiger partial charge in [0.05, 0.1) is 12.2 Å². The molecule has 0 aliphatic heterocycles. The van der Waals surface area contributed by atoms with E-state index in [2.05, 4.69) is 22.3 Å². The normalized spacial score (nSPS) is 10.0. The lowest BCUT2D eigenvalue weighted by Gasteiger charge is -2.05. The first-order valence-corrected chi connectivity index (χ1v) is 7.41. The number of nitrogens with zero attached hydrogens (tertiary/aromatic N) is 2. The number of rotatable bonds is 4. The SMILES string of the molecule is Cc1cc(C)n(CC(=O)NCc2cc(C#CCO)cs2)n1. The van der Waals surface area contributed by atoms with Crippen molar-refractivity contribution in [3.63, 3.8) is 0 Å². The van der Waals surface area contributed by atoms with Crippen LogP contribution in [0.1, 0.15) is 21.8 Å². The molecule has 2 aromatic rings. The van der Waals surface area contributed by atoms with Crippen molar-refractivity contribution in [2.75, 3.05) is 6.61 Å². The molecule has 2 aromatic heterocycles. The summed E-state index contributed by atoms with van der Waals surface area (Å²) in [5, 5.41) is 17.7. The van der Waals surface area contributed by atoms with Gasteiger partial charge in [-0.15, -0.1) is 11.3 Å². The van der Waals surface area contributed by atoms with Crippen LogP contribution in [0, 0.1) is 25.7 Å². The minimum atomic E-state index is -0.148. The topological polar surface area (TPSA) is 67.2 Å². The molecule has 0 spiro atoms. The van der Waals surface area contributed by atoms with E-state index in [4.69, 9.17) is 5.11 Å². The molecule has 1 amide bonds. The fourth-order valence-electron chi connectivity index (χ4n) is 1.89. The predicted molar refractivity (Wildman–Crippen MR) is 81.8 cm³/mol. The van der Waals surface area contributed by atoms with Crippen molar-refractivity contribution in [2.24, 2.45) is 0 Å². The molecule has 0 bridgehead atoms. The minimum Gasteiger partial charge on any atom is -0.384 e. The lowest BCUT2D eigenvalue weighted by molar-refractivity contribution is -0.122. The number of carbonyl (C=O) groups is 1. The summed E-state index contributed by atoms with van der Waals surface area (Å²) in [4.78, 5) is 12.9. The van der Waals surface area contributed by atoms with E-state index in [1.54, 1.807) is 4.68 Å². The number of amides is 1. The average molecular weight is 303 g/mol. The first-order valence-electron chi connectivity index (χ1n) is 6.53. The Kier molecular flexibility index (Phi) is 5.14. The van der Waals surface area contributed by atoms with Gasteiger partial charge in [-0.25, -0.2) is 0 Å². The monoisotopic (exact) mass is 303 g/mol.